The maximum Gasteiger partial charge on any atom is 0.243 e. The van der Waals surface area contributed by atoms with Gasteiger partial charge in [-0.25, -0.2) is 4.99 Å². The zero-order valence-corrected chi connectivity index (χ0v) is 22.6. The second-order valence-corrected chi connectivity index (χ2v) is 9.17. The fourth-order valence-electron chi connectivity index (χ4n) is 4.51. The summed E-state index contributed by atoms with van der Waals surface area (Å²) in [6.07, 6.45) is 1.88. The van der Waals surface area contributed by atoms with Gasteiger partial charge in [-0.15, -0.1) is 24.0 Å². The predicted octanol–water partition coefficient (Wildman–Crippen LogP) is 3.41. The Balaban J connectivity index is 0.00000324. The Labute approximate surface area is 220 Å². The lowest BCUT2D eigenvalue weighted by Crippen LogP contribution is -2.47. The second-order valence-electron chi connectivity index (χ2n) is 9.17. The lowest BCUT2D eigenvalue weighted by atomic mass is 10.0. The summed E-state index contributed by atoms with van der Waals surface area (Å²) < 4.78 is 5.82. The van der Waals surface area contributed by atoms with Gasteiger partial charge in [-0.3, -0.25) is 9.69 Å². The SMILES string of the molecule is CC1CC(NC(=NCC(=O)N(C)C)NC2CCOc3ccccc32)CN1Cc1ccccc1.I. The molecule has 1 saturated heterocycles. The van der Waals surface area contributed by atoms with Crippen molar-refractivity contribution < 1.29 is 9.53 Å². The normalized spacial score (nSPS) is 22.2. The van der Waals surface area contributed by atoms with E-state index in [4.69, 9.17) is 4.74 Å². The van der Waals surface area contributed by atoms with Crippen molar-refractivity contribution in [2.24, 2.45) is 4.99 Å². The number of hydrogen-bond acceptors (Lipinski definition) is 4. The smallest absolute Gasteiger partial charge is 0.243 e. The van der Waals surface area contributed by atoms with Crippen molar-refractivity contribution in [3.63, 3.8) is 0 Å². The molecule has 7 nitrogen and oxygen atoms in total. The number of likely N-dealkylation sites (tertiary alicyclic amines) is 1. The van der Waals surface area contributed by atoms with Crippen molar-refractivity contribution in [2.75, 3.05) is 33.8 Å². The fraction of sp³-hybridized carbons (Fsp3) is 0.462. The fourth-order valence-corrected chi connectivity index (χ4v) is 4.51. The summed E-state index contributed by atoms with van der Waals surface area (Å²) >= 11 is 0. The van der Waals surface area contributed by atoms with E-state index in [0.717, 1.165) is 37.2 Å². The molecular formula is C26H36IN5O2. The molecule has 2 aromatic rings. The molecule has 184 valence electrons. The highest BCUT2D eigenvalue weighted by atomic mass is 127. The number of guanidine groups is 1. The van der Waals surface area contributed by atoms with Gasteiger partial charge in [-0.2, -0.15) is 0 Å². The summed E-state index contributed by atoms with van der Waals surface area (Å²) in [7, 11) is 3.51. The molecule has 2 aromatic carbocycles. The van der Waals surface area contributed by atoms with Gasteiger partial charge in [0.1, 0.15) is 12.3 Å². The van der Waals surface area contributed by atoms with Crippen molar-refractivity contribution >= 4 is 35.8 Å². The largest absolute Gasteiger partial charge is 0.493 e. The van der Waals surface area contributed by atoms with E-state index in [1.165, 1.54) is 5.56 Å². The third-order valence-electron chi connectivity index (χ3n) is 6.41. The van der Waals surface area contributed by atoms with Crippen LogP contribution in [0.2, 0.25) is 0 Å². The van der Waals surface area contributed by atoms with E-state index in [0.29, 0.717) is 18.6 Å². The average molecular weight is 578 g/mol. The van der Waals surface area contributed by atoms with E-state index >= 15 is 0 Å². The molecule has 0 saturated carbocycles. The number of amides is 1. The molecule has 0 radical (unpaired) electrons. The number of rotatable bonds is 6. The summed E-state index contributed by atoms with van der Waals surface area (Å²) in [6, 6.07) is 19.5. The summed E-state index contributed by atoms with van der Waals surface area (Å²) in [5.41, 5.74) is 2.45. The number of carbonyl (C=O) groups is 1. The van der Waals surface area contributed by atoms with Crippen molar-refractivity contribution in [3.05, 3.63) is 65.7 Å². The van der Waals surface area contributed by atoms with Crippen LogP contribution in [0.15, 0.2) is 59.6 Å². The maximum atomic E-state index is 12.2. The Morgan fingerprint density at radius 3 is 2.62 bits per heavy atom. The second kappa shape index (κ2) is 12.4. The first kappa shape index (κ1) is 26.3. The Morgan fingerprint density at radius 2 is 1.85 bits per heavy atom. The number of nitrogens with one attached hydrogen (secondary N) is 2. The molecule has 2 aliphatic rings. The molecule has 4 rings (SSSR count). The molecule has 1 amide bonds. The Bertz CT molecular complexity index is 969. The minimum atomic E-state index is -0.0195. The van der Waals surface area contributed by atoms with Crippen LogP contribution < -0.4 is 15.4 Å². The lowest BCUT2D eigenvalue weighted by Gasteiger charge is -2.29. The highest BCUT2D eigenvalue weighted by molar-refractivity contribution is 14.0. The number of ether oxygens (including phenoxy) is 1. The van der Waals surface area contributed by atoms with Crippen molar-refractivity contribution in [3.8, 4) is 5.75 Å². The third kappa shape index (κ3) is 6.85. The van der Waals surface area contributed by atoms with E-state index in [1.807, 2.05) is 18.2 Å². The van der Waals surface area contributed by atoms with Gasteiger partial charge in [0.25, 0.3) is 0 Å². The van der Waals surface area contributed by atoms with Gasteiger partial charge in [0.2, 0.25) is 5.91 Å². The van der Waals surface area contributed by atoms with Crippen LogP contribution in [0.3, 0.4) is 0 Å². The van der Waals surface area contributed by atoms with Gasteiger partial charge in [0.15, 0.2) is 5.96 Å². The quantitative estimate of drug-likeness (QED) is 0.313. The zero-order chi connectivity index (χ0) is 23.2. The van der Waals surface area contributed by atoms with Crippen LogP contribution in [0.4, 0.5) is 0 Å². The molecule has 0 spiro atoms. The standard InChI is InChI=1S/C26H35N5O2.HI/c1-19-15-21(18-31(19)17-20-9-5-4-6-10-20)28-26(27-16-25(32)30(2)3)29-23-13-14-33-24-12-8-7-11-22(23)24;/h4-12,19,21,23H,13-18H2,1-3H3,(H2,27,28,29);1H. The van der Waals surface area contributed by atoms with E-state index in [9.17, 15) is 4.79 Å². The number of likely N-dealkylation sites (N-methyl/N-ethyl adjacent to an activating group) is 1. The zero-order valence-electron chi connectivity index (χ0n) is 20.2. The van der Waals surface area contributed by atoms with Crippen molar-refractivity contribution in [1.82, 2.24) is 20.4 Å². The molecule has 0 bridgehead atoms. The van der Waals surface area contributed by atoms with Gasteiger partial charge in [-0.1, -0.05) is 48.5 Å². The van der Waals surface area contributed by atoms with Crippen molar-refractivity contribution in [1.29, 1.82) is 0 Å². The average Bonchev–Trinajstić information content (AvgIpc) is 3.16. The third-order valence-corrected chi connectivity index (χ3v) is 6.41. The molecule has 2 aliphatic heterocycles. The molecule has 3 unspecified atom stereocenters. The van der Waals surface area contributed by atoms with Crippen LogP contribution in [0, 0.1) is 0 Å². The van der Waals surface area contributed by atoms with Gasteiger partial charge < -0.3 is 20.3 Å². The summed E-state index contributed by atoms with van der Waals surface area (Å²) in [5, 5.41) is 7.20. The van der Waals surface area contributed by atoms with Crippen LogP contribution >= 0.6 is 24.0 Å². The van der Waals surface area contributed by atoms with Gasteiger partial charge in [0.05, 0.1) is 12.6 Å². The topological polar surface area (TPSA) is 69.2 Å². The number of nitrogens with zero attached hydrogens (tertiary/aromatic N) is 3. The highest BCUT2D eigenvalue weighted by Gasteiger charge is 2.30. The highest BCUT2D eigenvalue weighted by Crippen LogP contribution is 2.31. The molecule has 2 heterocycles. The molecule has 2 N–H and O–H groups in total. The molecule has 0 aliphatic carbocycles. The monoisotopic (exact) mass is 577 g/mol. The van der Waals surface area contributed by atoms with Crippen LogP contribution in [0.5, 0.6) is 5.75 Å². The lowest BCUT2D eigenvalue weighted by molar-refractivity contribution is -0.127. The number of hydrogen-bond donors (Lipinski definition) is 2. The first-order valence-electron chi connectivity index (χ1n) is 11.8. The Kier molecular flexibility index (Phi) is 9.58. The Morgan fingerprint density at radius 1 is 1.12 bits per heavy atom. The molecule has 3 atom stereocenters. The minimum absolute atomic E-state index is 0. The molecule has 8 heteroatoms. The van der Waals surface area contributed by atoms with Crippen molar-refractivity contribution in [2.45, 2.75) is 44.4 Å². The number of carbonyl (C=O) groups excluding carboxylic acids is 1. The minimum Gasteiger partial charge on any atom is -0.493 e. The van der Waals surface area contributed by atoms with Crippen LogP contribution in [-0.4, -0.2) is 67.5 Å². The maximum absolute atomic E-state index is 12.2. The summed E-state index contributed by atoms with van der Waals surface area (Å²) in [6.45, 7) is 4.92. The van der Waals surface area contributed by atoms with Crippen LogP contribution in [0.1, 0.15) is 36.9 Å². The molecule has 34 heavy (non-hydrogen) atoms. The number of benzene rings is 2. The number of fused-ring (bicyclic) bond motifs is 1. The first-order valence-corrected chi connectivity index (χ1v) is 11.8. The first-order chi connectivity index (χ1) is 16.0. The molecule has 1 fully saturated rings. The molecular weight excluding hydrogens is 541 g/mol. The van der Waals surface area contributed by atoms with E-state index < -0.39 is 0 Å². The van der Waals surface area contributed by atoms with Gasteiger partial charge >= 0.3 is 0 Å². The number of para-hydroxylation sites is 1. The molecule has 0 aromatic heterocycles. The van der Waals surface area contributed by atoms with Gasteiger partial charge in [0, 0.05) is 51.3 Å². The van der Waals surface area contributed by atoms with Crippen LogP contribution in [-0.2, 0) is 11.3 Å². The number of halogens is 1. The van der Waals surface area contributed by atoms with Crippen LogP contribution in [0.25, 0.3) is 0 Å². The van der Waals surface area contributed by atoms with Gasteiger partial charge in [-0.05, 0) is 25.0 Å². The summed E-state index contributed by atoms with van der Waals surface area (Å²) in [4.78, 5) is 20.9. The van der Waals surface area contributed by atoms with E-state index in [1.54, 1.807) is 19.0 Å². The predicted molar refractivity (Wildman–Crippen MR) is 147 cm³/mol. The number of aliphatic imine (C=N–C) groups is 1. The Hall–Kier alpha value is -2.33. The van der Waals surface area contributed by atoms with E-state index in [-0.39, 0.29) is 48.5 Å². The summed E-state index contributed by atoms with van der Waals surface area (Å²) in [5.74, 6) is 1.58. The van der Waals surface area contributed by atoms with E-state index in [2.05, 4.69) is 63.8 Å².